The lowest BCUT2D eigenvalue weighted by Crippen LogP contribution is -1.99. The molecule has 0 bridgehead atoms. The van der Waals surface area contributed by atoms with Crippen molar-refractivity contribution in [3.05, 3.63) is 59.3 Å². The summed E-state index contributed by atoms with van der Waals surface area (Å²) in [6.45, 7) is 4.22. The van der Waals surface area contributed by atoms with Crippen molar-refractivity contribution in [1.29, 1.82) is 0 Å². The smallest absolute Gasteiger partial charge is 0.216 e. The van der Waals surface area contributed by atoms with Crippen LogP contribution in [0.4, 0.5) is 0 Å². The second-order valence-electron chi connectivity index (χ2n) is 6.60. The van der Waals surface area contributed by atoms with Crippen LogP contribution in [0.15, 0.2) is 47.4 Å². The van der Waals surface area contributed by atoms with Crippen molar-refractivity contribution in [1.82, 2.24) is 4.98 Å². The maximum atomic E-state index is 5.45. The van der Waals surface area contributed by atoms with E-state index >= 15 is 0 Å². The Bertz CT molecular complexity index is 730. The zero-order valence-electron chi connectivity index (χ0n) is 15.4. The van der Waals surface area contributed by atoms with Crippen LogP contribution in [0.5, 0.6) is 5.88 Å². The van der Waals surface area contributed by atoms with Crippen molar-refractivity contribution < 1.29 is 4.74 Å². The van der Waals surface area contributed by atoms with Crippen LogP contribution >= 0.6 is 11.8 Å². The number of nitrogens with zero attached hydrogens (tertiary/aromatic N) is 1. The molecule has 132 valence electrons. The summed E-state index contributed by atoms with van der Waals surface area (Å²) >= 11 is 1.88. The summed E-state index contributed by atoms with van der Waals surface area (Å²) in [5.41, 5.74) is 4.55. The highest BCUT2D eigenvalue weighted by Crippen LogP contribution is 2.33. The number of allylic oxidation sites excluding steroid dienone is 1. The molecule has 1 fully saturated rings. The van der Waals surface area contributed by atoms with Crippen molar-refractivity contribution in [2.24, 2.45) is 5.92 Å². The molecule has 0 unspecified atom stereocenters. The normalized spacial score (nSPS) is 15.6. The van der Waals surface area contributed by atoms with Crippen LogP contribution in [0, 0.1) is 12.8 Å². The third-order valence-electron chi connectivity index (χ3n) is 4.80. The topological polar surface area (TPSA) is 22.1 Å². The summed E-state index contributed by atoms with van der Waals surface area (Å²) < 4.78 is 5.45. The quantitative estimate of drug-likeness (QED) is 0.583. The van der Waals surface area contributed by atoms with E-state index in [4.69, 9.17) is 9.72 Å². The maximum Gasteiger partial charge on any atom is 0.216 e. The van der Waals surface area contributed by atoms with Gasteiger partial charge in [-0.1, -0.05) is 44.0 Å². The second kappa shape index (κ2) is 8.57. The molecule has 3 rings (SSSR count). The van der Waals surface area contributed by atoms with Gasteiger partial charge in [0.25, 0.3) is 0 Å². The number of thioether (sulfide) groups is 1. The van der Waals surface area contributed by atoms with Crippen LogP contribution in [0.3, 0.4) is 0 Å². The number of hydrogen-bond acceptors (Lipinski definition) is 3. The first-order chi connectivity index (χ1) is 12.2. The average Bonchev–Trinajstić information content (AvgIpc) is 3.15. The Morgan fingerprint density at radius 3 is 2.52 bits per heavy atom. The highest BCUT2D eigenvalue weighted by atomic mass is 32.2. The van der Waals surface area contributed by atoms with E-state index < -0.39 is 0 Å². The monoisotopic (exact) mass is 353 g/mol. The molecule has 0 spiro atoms. The van der Waals surface area contributed by atoms with Crippen LogP contribution in [0.25, 0.3) is 5.57 Å². The molecule has 0 radical (unpaired) electrons. The molecule has 1 aromatic carbocycles. The molecule has 0 aliphatic heterocycles. The van der Waals surface area contributed by atoms with E-state index in [9.17, 15) is 0 Å². The fourth-order valence-electron chi connectivity index (χ4n) is 3.45. The van der Waals surface area contributed by atoms with Gasteiger partial charge in [0.2, 0.25) is 5.88 Å². The van der Waals surface area contributed by atoms with Gasteiger partial charge >= 0.3 is 0 Å². The molecule has 1 aliphatic carbocycles. The fraction of sp³-hybridized carbons (Fsp3) is 0.409. The van der Waals surface area contributed by atoms with Crippen LogP contribution in [-0.2, 0) is 0 Å². The standard InChI is InChI=1S/C22H27NOS/c1-4-25-19-12-10-18(11-13-19)20(15-17-7-5-6-8-17)21-14-9-16(2)22(23-21)24-3/h9-15,17H,4-8H2,1-3H3/b20-15+. The first kappa shape index (κ1) is 18.1. The number of benzene rings is 1. The first-order valence-electron chi connectivity index (χ1n) is 9.18. The van der Waals surface area contributed by atoms with E-state index in [0.29, 0.717) is 11.8 Å². The molecule has 1 heterocycles. The Labute approximate surface area is 155 Å². The van der Waals surface area contributed by atoms with Gasteiger partial charge in [-0.3, -0.25) is 0 Å². The van der Waals surface area contributed by atoms with Gasteiger partial charge in [-0.15, -0.1) is 11.8 Å². The van der Waals surface area contributed by atoms with Crippen molar-refractivity contribution in [3.63, 3.8) is 0 Å². The Morgan fingerprint density at radius 1 is 1.16 bits per heavy atom. The lowest BCUT2D eigenvalue weighted by molar-refractivity contribution is 0.394. The van der Waals surface area contributed by atoms with Crippen LogP contribution in [0.2, 0.25) is 0 Å². The number of aryl methyl sites for hydroxylation is 1. The van der Waals surface area contributed by atoms with E-state index in [2.05, 4.69) is 49.4 Å². The summed E-state index contributed by atoms with van der Waals surface area (Å²) in [6, 6.07) is 13.1. The van der Waals surface area contributed by atoms with Crippen molar-refractivity contribution in [2.75, 3.05) is 12.9 Å². The number of ether oxygens (including phenoxy) is 1. The molecule has 0 atom stereocenters. The number of methoxy groups -OCH3 is 1. The maximum absolute atomic E-state index is 5.45. The highest BCUT2D eigenvalue weighted by molar-refractivity contribution is 7.99. The Hall–Kier alpha value is -1.74. The number of hydrogen-bond donors (Lipinski definition) is 0. The zero-order valence-corrected chi connectivity index (χ0v) is 16.2. The second-order valence-corrected chi connectivity index (χ2v) is 7.94. The lowest BCUT2D eigenvalue weighted by Gasteiger charge is -2.13. The summed E-state index contributed by atoms with van der Waals surface area (Å²) in [4.78, 5) is 6.09. The van der Waals surface area contributed by atoms with E-state index in [-0.39, 0.29) is 0 Å². The molecule has 25 heavy (non-hydrogen) atoms. The Morgan fingerprint density at radius 2 is 1.88 bits per heavy atom. The molecule has 1 saturated carbocycles. The average molecular weight is 354 g/mol. The van der Waals surface area contributed by atoms with Gasteiger partial charge in [-0.25, -0.2) is 4.98 Å². The number of aromatic nitrogens is 1. The minimum atomic E-state index is 0.661. The third kappa shape index (κ3) is 4.46. The summed E-state index contributed by atoms with van der Waals surface area (Å²) in [7, 11) is 1.69. The first-order valence-corrected chi connectivity index (χ1v) is 10.2. The molecule has 1 aromatic heterocycles. The Balaban J connectivity index is 2.00. The van der Waals surface area contributed by atoms with Gasteiger partial charge in [-0.05, 0) is 55.2 Å². The molecule has 2 nitrogen and oxygen atoms in total. The van der Waals surface area contributed by atoms with Gasteiger partial charge in [0.1, 0.15) is 0 Å². The molecule has 0 N–H and O–H groups in total. The number of pyridine rings is 1. The number of rotatable bonds is 6. The molecule has 1 aliphatic rings. The minimum Gasteiger partial charge on any atom is -0.481 e. The summed E-state index contributed by atoms with van der Waals surface area (Å²) in [5.74, 6) is 2.47. The predicted octanol–water partition coefficient (Wildman–Crippen LogP) is 6.13. The zero-order chi connectivity index (χ0) is 17.6. The van der Waals surface area contributed by atoms with Crippen molar-refractivity contribution in [3.8, 4) is 5.88 Å². The van der Waals surface area contributed by atoms with Gasteiger partial charge < -0.3 is 4.74 Å². The predicted molar refractivity (Wildman–Crippen MR) is 107 cm³/mol. The fourth-order valence-corrected chi connectivity index (χ4v) is 4.12. The molecular formula is C22H27NOS. The minimum absolute atomic E-state index is 0.661. The van der Waals surface area contributed by atoms with E-state index in [1.165, 1.54) is 41.7 Å². The SMILES string of the molecule is CCSc1ccc(/C(=C\C2CCCC2)c2ccc(C)c(OC)n2)cc1. The third-order valence-corrected chi connectivity index (χ3v) is 5.69. The van der Waals surface area contributed by atoms with Gasteiger partial charge in [0.05, 0.1) is 12.8 Å². The van der Waals surface area contributed by atoms with E-state index in [1.54, 1.807) is 7.11 Å². The Kier molecular flexibility index (Phi) is 6.19. The van der Waals surface area contributed by atoms with Crippen LogP contribution in [-0.4, -0.2) is 17.8 Å². The van der Waals surface area contributed by atoms with Gasteiger partial charge in [0, 0.05) is 16.0 Å². The van der Waals surface area contributed by atoms with Crippen LogP contribution in [0.1, 0.15) is 49.4 Å². The molecule has 3 heteroatoms. The van der Waals surface area contributed by atoms with E-state index in [0.717, 1.165) is 17.0 Å². The van der Waals surface area contributed by atoms with E-state index in [1.807, 2.05) is 18.7 Å². The van der Waals surface area contributed by atoms with Crippen molar-refractivity contribution in [2.45, 2.75) is 44.4 Å². The lowest BCUT2D eigenvalue weighted by atomic mass is 9.96. The largest absolute Gasteiger partial charge is 0.481 e. The molecule has 0 saturated heterocycles. The summed E-state index contributed by atoms with van der Waals surface area (Å²) in [5, 5.41) is 0. The molecule has 0 amide bonds. The van der Waals surface area contributed by atoms with Crippen LogP contribution < -0.4 is 4.74 Å². The van der Waals surface area contributed by atoms with Crippen molar-refractivity contribution >= 4 is 17.3 Å². The summed E-state index contributed by atoms with van der Waals surface area (Å²) in [6.07, 6.45) is 7.69. The molecule has 2 aromatic rings. The highest BCUT2D eigenvalue weighted by Gasteiger charge is 2.16. The van der Waals surface area contributed by atoms with Gasteiger partial charge in [-0.2, -0.15) is 0 Å². The van der Waals surface area contributed by atoms with Gasteiger partial charge in [0.15, 0.2) is 0 Å². The molecular weight excluding hydrogens is 326 g/mol.